The first-order valence-corrected chi connectivity index (χ1v) is 34.4. The third-order valence-corrected chi connectivity index (χ3v) is 18.5. The van der Waals surface area contributed by atoms with E-state index in [0.29, 0.717) is 62.5 Å². The summed E-state index contributed by atoms with van der Waals surface area (Å²) in [5, 5.41) is 16.6. The van der Waals surface area contributed by atoms with Crippen LogP contribution in [0.1, 0.15) is 18.4 Å². The number of fused-ring (bicyclic) bond motifs is 4. The van der Waals surface area contributed by atoms with Gasteiger partial charge in [-0.05, 0) is 130 Å². The molecule has 0 saturated carbocycles. The summed E-state index contributed by atoms with van der Waals surface area (Å²) < 4.78 is 45.2. The molecule has 4 aliphatic rings. The number of piperazine rings is 3. The van der Waals surface area contributed by atoms with Gasteiger partial charge in [0.15, 0.2) is 30.0 Å². The van der Waals surface area contributed by atoms with Crippen molar-refractivity contribution in [2.45, 2.75) is 25.8 Å². The highest BCUT2D eigenvalue weighted by molar-refractivity contribution is 5.69. The highest BCUT2D eigenvalue weighted by atomic mass is 19.1. The summed E-state index contributed by atoms with van der Waals surface area (Å²) in [7, 11) is 4.52. The van der Waals surface area contributed by atoms with Gasteiger partial charge in [0.1, 0.15) is 22.8 Å². The molecule has 12 aromatic rings. The number of ether oxygens (including phenoxy) is 2. The first-order valence-electron chi connectivity index (χ1n) is 34.4. The molecule has 4 aliphatic heterocycles. The van der Waals surface area contributed by atoms with Crippen molar-refractivity contribution in [2.75, 3.05) is 133 Å². The fourth-order valence-corrected chi connectivity index (χ4v) is 12.9. The predicted molar refractivity (Wildman–Crippen MR) is 399 cm³/mol. The third-order valence-electron chi connectivity index (χ3n) is 18.5. The van der Waals surface area contributed by atoms with Crippen LogP contribution in [0.2, 0.25) is 0 Å². The van der Waals surface area contributed by atoms with Crippen LogP contribution >= 0.6 is 0 Å². The number of benzene rings is 4. The van der Waals surface area contributed by atoms with E-state index in [1.807, 2.05) is 86.2 Å². The highest BCUT2D eigenvalue weighted by Crippen LogP contribution is 2.32. The lowest BCUT2D eigenvalue weighted by molar-refractivity contribution is -0.428. The minimum absolute atomic E-state index is 0.0156. The van der Waals surface area contributed by atoms with Crippen molar-refractivity contribution in [1.82, 2.24) is 58.8 Å². The molecule has 0 unspecified atom stereocenters. The Balaban J connectivity index is 0.000000123. The Morgan fingerprint density at radius 2 is 0.864 bits per heavy atom. The van der Waals surface area contributed by atoms with Gasteiger partial charge in [-0.3, -0.25) is 36.8 Å². The molecule has 528 valence electrons. The SMILES string of the molecule is COc1ccc(-c2cc(=O)n3cc(NC4CCNCC4)cc(F)c3n2)cc1OC.C[N+](=O)c1ccc(-c2cc(=O)n3cc(N4CCNCC4)ccc3n2)cc1.Cc1cccc(-c2cc(=O)n3cc(N4CCNCC4)ccc3n2)c1.O=c1cc(-c2ccc(F)cc2)nc2ccc(N3CCNCC3)cn12. The van der Waals surface area contributed by atoms with Crippen LogP contribution in [-0.2, 0) is 0 Å². The number of nitroso groups, excluding NO2 is 1. The number of hydrogen-bond donors (Lipinski definition) is 5. The first kappa shape index (κ1) is 69.9. The number of aromatic nitrogens is 8. The minimum Gasteiger partial charge on any atom is -0.493 e. The van der Waals surface area contributed by atoms with E-state index in [2.05, 4.69) is 61.2 Å². The van der Waals surface area contributed by atoms with Gasteiger partial charge in [0.25, 0.3) is 27.9 Å². The highest BCUT2D eigenvalue weighted by Gasteiger charge is 2.20. The molecule has 0 amide bonds. The van der Waals surface area contributed by atoms with Gasteiger partial charge in [-0.2, -0.15) is 0 Å². The predicted octanol–water partition coefficient (Wildman–Crippen LogP) is 8.48. The molecule has 24 nitrogen and oxygen atoms in total. The molecular weight excluding hydrogens is 1310 g/mol. The quantitative estimate of drug-likeness (QED) is 0.0720. The van der Waals surface area contributed by atoms with Gasteiger partial charge < -0.3 is 50.8 Å². The Bertz CT molecular complexity index is 5300. The zero-order valence-corrected chi connectivity index (χ0v) is 57.7. The number of halogens is 2. The Hall–Kier alpha value is -11.6. The molecule has 0 bridgehead atoms. The summed E-state index contributed by atoms with van der Waals surface area (Å²) in [6.45, 7) is 15.2. The van der Waals surface area contributed by atoms with Gasteiger partial charge in [-0.25, -0.2) is 28.7 Å². The molecular formula is C77H80F2N17O7+. The number of piperidine rings is 1. The summed E-state index contributed by atoms with van der Waals surface area (Å²) in [4.78, 5) is 86.7. The number of hydrogen-bond acceptors (Lipinski definition) is 19. The van der Waals surface area contributed by atoms with Gasteiger partial charge >= 0.3 is 0 Å². The minimum atomic E-state index is -0.552. The molecule has 5 N–H and O–H groups in total. The lowest BCUT2D eigenvalue weighted by Gasteiger charge is -2.29. The van der Waals surface area contributed by atoms with E-state index in [4.69, 9.17) is 9.47 Å². The fraction of sp³-hybridized carbons (Fsp3) is 0.273. The Morgan fingerprint density at radius 3 is 1.32 bits per heavy atom. The molecule has 0 atom stereocenters. The van der Waals surface area contributed by atoms with Crippen LogP contribution in [0, 0.1) is 23.5 Å². The van der Waals surface area contributed by atoms with Crippen LogP contribution < -0.4 is 73.0 Å². The van der Waals surface area contributed by atoms with Crippen LogP contribution in [0.4, 0.5) is 37.2 Å². The van der Waals surface area contributed by atoms with Gasteiger partial charge in [0.05, 0.1) is 59.7 Å². The Labute approximate surface area is 591 Å². The maximum absolute atomic E-state index is 14.8. The van der Waals surface area contributed by atoms with Crippen molar-refractivity contribution in [3.63, 3.8) is 0 Å². The van der Waals surface area contributed by atoms with Gasteiger partial charge in [0, 0.05) is 184 Å². The number of aryl methyl sites for hydroxylation is 1. The fourth-order valence-electron chi connectivity index (χ4n) is 12.9. The standard InChI is InChI=1S/C21H23FN4O3.C19H20N5O2.C19H20N4O.C18H17FN4O/c1-28-18-4-3-13(9-19(18)29-2)17-11-20(27)26-12-15(10-16(22)21(26)25-17)24-14-5-7-23-8-6-14;1-22(26)15-4-2-14(3-5-15)17-12-19(25)24-13-16(6-7-18(24)21-17)23-10-8-20-9-11-23;1-14-3-2-4-15(11-14)17-12-19(24)23-13-16(5-6-18(23)21-17)22-9-7-20-8-10-22;19-14-3-1-13(2-4-14)16-11-18(24)23-12-15(5-6-17(23)21-16)22-9-7-20-8-10-22/h3-4,9-12,14,23-24H,5-8H2,1-2H3;2-7,12-13,20H,8-11H2,1H3;2-6,11-13,20H,7-10H2,1H3;1-6,11-12,20H,7-10H2/q;+1;;. The van der Waals surface area contributed by atoms with Gasteiger partial charge in [0.2, 0.25) is 0 Å². The molecule has 4 fully saturated rings. The summed E-state index contributed by atoms with van der Waals surface area (Å²) in [6.07, 6.45) is 9.10. The van der Waals surface area contributed by atoms with E-state index in [-0.39, 0.29) is 39.7 Å². The number of anilines is 4. The Kier molecular flexibility index (Phi) is 21.7. The molecule has 4 aromatic carbocycles. The maximum atomic E-state index is 14.8. The van der Waals surface area contributed by atoms with E-state index in [0.717, 1.165) is 154 Å². The zero-order valence-electron chi connectivity index (χ0n) is 57.7. The first-order chi connectivity index (χ1) is 50.1. The normalized spacial score (nSPS) is 14.8. The summed E-state index contributed by atoms with van der Waals surface area (Å²) in [5.41, 5.74) is 12.0. The zero-order chi connectivity index (χ0) is 71.5. The lowest BCUT2D eigenvalue weighted by atomic mass is 10.1. The number of methoxy groups -OCH3 is 2. The third kappa shape index (κ3) is 16.6. The van der Waals surface area contributed by atoms with Crippen molar-refractivity contribution >= 4 is 51.0 Å². The number of rotatable bonds is 12. The average Bonchev–Trinajstić information content (AvgIpc) is 0.794. The second-order valence-corrected chi connectivity index (χ2v) is 25.4. The molecule has 26 heteroatoms. The lowest BCUT2D eigenvalue weighted by Crippen LogP contribution is -2.43. The average molecular weight is 1390 g/mol. The van der Waals surface area contributed by atoms with E-state index in [1.165, 1.54) is 55.0 Å². The number of nitrogens with zero attached hydrogens (tertiary/aromatic N) is 12. The van der Waals surface area contributed by atoms with Crippen molar-refractivity contribution in [3.8, 4) is 56.5 Å². The summed E-state index contributed by atoms with van der Waals surface area (Å²) >= 11 is 0. The molecule has 8 aromatic heterocycles. The molecule has 103 heavy (non-hydrogen) atoms. The van der Waals surface area contributed by atoms with Crippen LogP contribution in [0.5, 0.6) is 11.5 Å². The van der Waals surface area contributed by atoms with Gasteiger partial charge in [-0.15, -0.1) is 0 Å². The number of pyridine rings is 4. The summed E-state index contributed by atoms with van der Waals surface area (Å²) in [5.74, 6) is 0.211. The van der Waals surface area contributed by atoms with Crippen LogP contribution in [0.25, 0.3) is 67.6 Å². The molecule has 0 aliphatic carbocycles. The van der Waals surface area contributed by atoms with Crippen LogP contribution in [-0.4, -0.2) is 161 Å². The van der Waals surface area contributed by atoms with Crippen molar-refractivity contribution < 1.29 is 23.0 Å². The second kappa shape index (κ2) is 32.0. The molecule has 16 rings (SSSR count). The van der Waals surface area contributed by atoms with Crippen molar-refractivity contribution in [2.24, 2.45) is 0 Å². The maximum Gasteiger partial charge on any atom is 0.258 e. The van der Waals surface area contributed by atoms with Gasteiger partial charge in [-0.1, -0.05) is 23.8 Å². The van der Waals surface area contributed by atoms with Crippen molar-refractivity contribution in [3.05, 3.63) is 246 Å². The number of nitrogens with one attached hydrogen (secondary N) is 5. The van der Waals surface area contributed by atoms with E-state index < -0.39 is 5.82 Å². The van der Waals surface area contributed by atoms with Crippen LogP contribution in [0.15, 0.2) is 202 Å². The van der Waals surface area contributed by atoms with Crippen LogP contribution in [0.3, 0.4) is 0 Å². The smallest absolute Gasteiger partial charge is 0.258 e. The van der Waals surface area contributed by atoms with E-state index >= 15 is 0 Å². The largest absolute Gasteiger partial charge is 0.493 e. The molecule has 12 heterocycles. The Morgan fingerprint density at radius 1 is 0.447 bits per heavy atom. The monoisotopic (exact) mass is 1390 g/mol. The topological polar surface area (TPSA) is 246 Å². The summed E-state index contributed by atoms with van der Waals surface area (Å²) in [6, 6.07) is 45.7. The molecule has 4 saturated heterocycles. The van der Waals surface area contributed by atoms with E-state index in [9.17, 15) is 32.9 Å². The van der Waals surface area contributed by atoms with Crippen molar-refractivity contribution in [1.29, 1.82) is 0 Å². The molecule has 0 radical (unpaired) electrons. The van der Waals surface area contributed by atoms with E-state index in [1.54, 1.807) is 87.2 Å². The molecule has 0 spiro atoms. The second-order valence-electron chi connectivity index (χ2n) is 25.4.